The number of allylic oxidation sites excluding steroid dienone is 3. The fourth-order valence-corrected chi connectivity index (χ4v) is 1.89. The molecule has 1 heteroatoms. The maximum absolute atomic E-state index is 4.06. The van der Waals surface area contributed by atoms with E-state index in [0.717, 1.165) is 18.7 Å². The molecule has 0 bridgehead atoms. The van der Waals surface area contributed by atoms with Gasteiger partial charge in [0.15, 0.2) is 0 Å². The molecule has 0 unspecified atom stereocenters. The van der Waals surface area contributed by atoms with E-state index in [2.05, 4.69) is 51.7 Å². The van der Waals surface area contributed by atoms with Gasteiger partial charge in [-0.1, -0.05) is 32.6 Å². The summed E-state index contributed by atoms with van der Waals surface area (Å²) in [5.41, 5.74) is 1.47. The first-order valence-corrected chi connectivity index (χ1v) is 5.69. The normalized spacial score (nSPS) is 12.0. The molecular formula is C13H25N. The smallest absolute Gasteiger partial charge is 0.0115 e. The van der Waals surface area contributed by atoms with Crippen LogP contribution in [0.3, 0.4) is 0 Å². The fourth-order valence-electron chi connectivity index (χ4n) is 1.89. The third-order valence-corrected chi connectivity index (χ3v) is 2.92. The van der Waals surface area contributed by atoms with E-state index in [-0.39, 0.29) is 0 Å². The molecule has 1 N–H and O–H groups in total. The van der Waals surface area contributed by atoms with Crippen molar-refractivity contribution in [1.29, 1.82) is 0 Å². The molecule has 0 aromatic carbocycles. The van der Waals surface area contributed by atoms with E-state index < -0.39 is 0 Å². The topological polar surface area (TPSA) is 12.0 Å². The van der Waals surface area contributed by atoms with Gasteiger partial charge < -0.3 is 5.32 Å². The van der Waals surface area contributed by atoms with Gasteiger partial charge in [-0.25, -0.2) is 0 Å². The van der Waals surface area contributed by atoms with E-state index in [4.69, 9.17) is 0 Å². The predicted molar refractivity (Wildman–Crippen MR) is 65.3 cm³/mol. The summed E-state index contributed by atoms with van der Waals surface area (Å²) in [5, 5.41) is 3.30. The summed E-state index contributed by atoms with van der Waals surface area (Å²) >= 11 is 0. The number of hydrogen-bond acceptors (Lipinski definition) is 1. The lowest BCUT2D eigenvalue weighted by molar-refractivity contribution is 0.342. The maximum atomic E-state index is 4.06. The van der Waals surface area contributed by atoms with Gasteiger partial charge in [-0.05, 0) is 38.5 Å². The fraction of sp³-hybridized carbons (Fsp3) is 0.692. The highest BCUT2D eigenvalue weighted by Crippen LogP contribution is 2.34. The molecule has 0 saturated carbocycles. The molecule has 0 rings (SSSR count). The van der Waals surface area contributed by atoms with Crippen molar-refractivity contribution in [1.82, 2.24) is 5.32 Å². The molecule has 14 heavy (non-hydrogen) atoms. The van der Waals surface area contributed by atoms with Crippen molar-refractivity contribution in [3.63, 3.8) is 0 Å². The van der Waals surface area contributed by atoms with Crippen molar-refractivity contribution in [3.05, 3.63) is 24.4 Å². The molecule has 0 heterocycles. The molecule has 1 nitrogen and oxygen atoms in total. The average Bonchev–Trinajstić information content (AvgIpc) is 2.17. The minimum atomic E-state index is 0.313. The van der Waals surface area contributed by atoms with Crippen LogP contribution in [-0.4, -0.2) is 6.54 Å². The summed E-state index contributed by atoms with van der Waals surface area (Å²) in [7, 11) is 0. The second-order valence-electron chi connectivity index (χ2n) is 3.88. The van der Waals surface area contributed by atoms with Crippen molar-refractivity contribution in [2.24, 2.45) is 5.41 Å². The van der Waals surface area contributed by atoms with E-state index >= 15 is 0 Å². The highest BCUT2D eigenvalue weighted by Gasteiger charge is 2.23. The van der Waals surface area contributed by atoms with Gasteiger partial charge in [0.1, 0.15) is 0 Å². The minimum Gasteiger partial charge on any atom is -0.389 e. The second kappa shape index (κ2) is 6.69. The van der Waals surface area contributed by atoms with Crippen molar-refractivity contribution in [2.75, 3.05) is 6.54 Å². The molecule has 0 aromatic rings. The molecule has 0 aromatic heterocycles. The lowest BCUT2D eigenvalue weighted by Crippen LogP contribution is -2.22. The van der Waals surface area contributed by atoms with Gasteiger partial charge in [-0.15, -0.1) is 0 Å². The van der Waals surface area contributed by atoms with Gasteiger partial charge in [-0.3, -0.25) is 0 Å². The van der Waals surface area contributed by atoms with Gasteiger partial charge in [-0.2, -0.15) is 0 Å². The van der Waals surface area contributed by atoms with Crippen LogP contribution in [0.2, 0.25) is 0 Å². The van der Waals surface area contributed by atoms with Gasteiger partial charge in [0.2, 0.25) is 0 Å². The average molecular weight is 195 g/mol. The van der Waals surface area contributed by atoms with E-state index in [1.165, 1.54) is 12.8 Å². The van der Waals surface area contributed by atoms with Gasteiger partial charge in [0, 0.05) is 12.2 Å². The molecule has 0 aliphatic rings. The largest absolute Gasteiger partial charge is 0.389 e. The molecule has 0 aliphatic carbocycles. The highest BCUT2D eigenvalue weighted by atomic mass is 14.9. The zero-order valence-corrected chi connectivity index (χ0v) is 10.2. The first-order valence-electron chi connectivity index (χ1n) is 5.69. The highest BCUT2D eigenvalue weighted by molar-refractivity contribution is 5.06. The Morgan fingerprint density at radius 2 is 1.86 bits per heavy atom. The van der Waals surface area contributed by atoms with E-state index in [1.807, 2.05) is 0 Å². The Balaban J connectivity index is 4.42. The van der Waals surface area contributed by atoms with Gasteiger partial charge in [0.25, 0.3) is 0 Å². The SMILES string of the molecule is C=C(CC(/C=C\C)(CC)CC)NCC. The van der Waals surface area contributed by atoms with Crippen LogP contribution in [0.1, 0.15) is 47.0 Å². The Morgan fingerprint density at radius 1 is 1.29 bits per heavy atom. The molecule has 0 atom stereocenters. The Kier molecular flexibility index (Phi) is 6.35. The van der Waals surface area contributed by atoms with Crippen LogP contribution < -0.4 is 5.32 Å². The zero-order chi connectivity index (χ0) is 11.0. The van der Waals surface area contributed by atoms with Crippen molar-refractivity contribution >= 4 is 0 Å². The van der Waals surface area contributed by atoms with E-state index in [0.29, 0.717) is 5.41 Å². The van der Waals surface area contributed by atoms with Crippen LogP contribution in [-0.2, 0) is 0 Å². The minimum absolute atomic E-state index is 0.313. The molecule has 0 spiro atoms. The molecule has 82 valence electrons. The summed E-state index contributed by atoms with van der Waals surface area (Å²) < 4.78 is 0. The third-order valence-electron chi connectivity index (χ3n) is 2.92. The first kappa shape index (κ1) is 13.3. The summed E-state index contributed by atoms with van der Waals surface area (Å²) in [5.74, 6) is 0. The Morgan fingerprint density at radius 3 is 2.21 bits per heavy atom. The summed E-state index contributed by atoms with van der Waals surface area (Å²) in [4.78, 5) is 0. The van der Waals surface area contributed by atoms with Gasteiger partial charge in [0.05, 0.1) is 0 Å². The maximum Gasteiger partial charge on any atom is 0.0115 e. The lowest BCUT2D eigenvalue weighted by atomic mass is 9.78. The Bertz CT molecular complexity index is 187. The molecule has 0 fully saturated rings. The predicted octanol–water partition coefficient (Wildman–Crippen LogP) is 3.88. The standard InChI is InChI=1S/C13H25N/c1-6-10-13(7-2,8-3)11-12(5)14-9-4/h6,10,14H,5,7-9,11H2,1-4H3/b10-6-. The van der Waals surface area contributed by atoms with E-state index in [1.54, 1.807) is 0 Å². The van der Waals surface area contributed by atoms with Gasteiger partial charge >= 0.3 is 0 Å². The molecule has 0 amide bonds. The molecule has 0 saturated heterocycles. The molecule has 0 aliphatic heterocycles. The molecule has 0 radical (unpaired) electrons. The monoisotopic (exact) mass is 195 g/mol. The number of hydrogen-bond donors (Lipinski definition) is 1. The zero-order valence-electron chi connectivity index (χ0n) is 10.2. The van der Waals surface area contributed by atoms with Crippen molar-refractivity contribution in [3.8, 4) is 0 Å². The van der Waals surface area contributed by atoms with Crippen LogP contribution in [0.15, 0.2) is 24.4 Å². The van der Waals surface area contributed by atoms with Crippen LogP contribution in [0.4, 0.5) is 0 Å². The number of rotatable bonds is 7. The van der Waals surface area contributed by atoms with Crippen molar-refractivity contribution in [2.45, 2.75) is 47.0 Å². The van der Waals surface area contributed by atoms with Crippen LogP contribution in [0.25, 0.3) is 0 Å². The quantitative estimate of drug-likeness (QED) is 0.608. The molecular weight excluding hydrogens is 170 g/mol. The van der Waals surface area contributed by atoms with Crippen LogP contribution in [0, 0.1) is 5.41 Å². The summed E-state index contributed by atoms with van der Waals surface area (Å²) in [6.07, 6.45) is 7.90. The summed E-state index contributed by atoms with van der Waals surface area (Å²) in [6.45, 7) is 13.7. The first-order chi connectivity index (χ1) is 6.64. The second-order valence-corrected chi connectivity index (χ2v) is 3.88. The van der Waals surface area contributed by atoms with Crippen LogP contribution >= 0.6 is 0 Å². The lowest BCUT2D eigenvalue weighted by Gasteiger charge is -2.29. The van der Waals surface area contributed by atoms with Crippen molar-refractivity contribution < 1.29 is 0 Å². The Hall–Kier alpha value is -0.720. The Labute approximate surface area is 89.3 Å². The van der Waals surface area contributed by atoms with Crippen LogP contribution in [0.5, 0.6) is 0 Å². The van der Waals surface area contributed by atoms with E-state index in [9.17, 15) is 0 Å². The summed E-state index contributed by atoms with van der Waals surface area (Å²) in [6, 6.07) is 0. The number of nitrogens with one attached hydrogen (secondary N) is 1. The third kappa shape index (κ3) is 3.99.